The summed E-state index contributed by atoms with van der Waals surface area (Å²) < 4.78 is 21.5. The Morgan fingerprint density at radius 1 is 1.35 bits per heavy atom. The second kappa shape index (κ2) is 5.82. The Balaban J connectivity index is 4.74. The molecule has 1 atom stereocenters. The van der Waals surface area contributed by atoms with Gasteiger partial charge in [-0.1, -0.05) is 13.8 Å². The molecule has 0 aromatic rings. The van der Waals surface area contributed by atoms with Gasteiger partial charge < -0.3 is 10.4 Å². The first-order valence-corrected chi connectivity index (χ1v) is 7.53. The molecule has 102 valence electrons. The number of aliphatic hydroxyl groups excluding tert-OH is 1. The molecule has 6 heteroatoms. The van der Waals surface area contributed by atoms with Gasteiger partial charge >= 0.3 is 0 Å². The van der Waals surface area contributed by atoms with Gasteiger partial charge in [-0.15, -0.1) is 0 Å². The van der Waals surface area contributed by atoms with Gasteiger partial charge in [0.05, 0.1) is 12.6 Å². The topological polar surface area (TPSA) is 83.5 Å². The Morgan fingerprint density at radius 3 is 2.12 bits per heavy atom. The summed E-state index contributed by atoms with van der Waals surface area (Å²) >= 11 is 0. The van der Waals surface area contributed by atoms with Crippen LogP contribution in [0, 0.1) is 5.92 Å². The first-order valence-electron chi connectivity index (χ1n) is 5.63. The minimum Gasteiger partial charge on any atom is -0.394 e. The lowest BCUT2D eigenvalue weighted by Gasteiger charge is -2.25. The van der Waals surface area contributed by atoms with Gasteiger partial charge in [-0.25, -0.2) is 8.42 Å². The van der Waals surface area contributed by atoms with Gasteiger partial charge in [0, 0.05) is 6.26 Å². The van der Waals surface area contributed by atoms with Crippen molar-refractivity contribution in [3.8, 4) is 0 Å². The zero-order valence-electron chi connectivity index (χ0n) is 11.1. The largest absolute Gasteiger partial charge is 0.394 e. The molecule has 0 aliphatic rings. The average Bonchev–Trinajstić information content (AvgIpc) is 2.13. The van der Waals surface area contributed by atoms with E-state index < -0.39 is 26.5 Å². The van der Waals surface area contributed by atoms with Crippen molar-refractivity contribution in [1.82, 2.24) is 5.32 Å². The van der Waals surface area contributed by atoms with Crippen molar-refractivity contribution >= 4 is 15.7 Å². The van der Waals surface area contributed by atoms with Crippen LogP contribution in [0.1, 0.15) is 34.1 Å². The molecule has 1 amide bonds. The fraction of sp³-hybridized carbons (Fsp3) is 0.909. The summed E-state index contributed by atoms with van der Waals surface area (Å²) in [4.78, 5) is 11.9. The van der Waals surface area contributed by atoms with Crippen molar-refractivity contribution in [2.24, 2.45) is 5.92 Å². The predicted molar refractivity (Wildman–Crippen MR) is 67.4 cm³/mol. The standard InChI is InChI=1S/C11H23NO4S/c1-8(2)6-9(7-13)12-10(14)11(3,4)17(5,15)16/h8-9,13H,6-7H2,1-5H3,(H,12,14). The van der Waals surface area contributed by atoms with E-state index in [1.54, 1.807) is 0 Å². The summed E-state index contributed by atoms with van der Waals surface area (Å²) in [6.07, 6.45) is 1.64. The number of hydrogen-bond donors (Lipinski definition) is 2. The van der Waals surface area contributed by atoms with Gasteiger partial charge in [0.1, 0.15) is 4.75 Å². The van der Waals surface area contributed by atoms with Crippen LogP contribution in [-0.2, 0) is 14.6 Å². The lowest BCUT2D eigenvalue weighted by atomic mass is 10.0. The van der Waals surface area contributed by atoms with Gasteiger partial charge in [-0.2, -0.15) is 0 Å². The van der Waals surface area contributed by atoms with Gasteiger partial charge in [0.2, 0.25) is 5.91 Å². The highest BCUT2D eigenvalue weighted by molar-refractivity contribution is 7.92. The lowest BCUT2D eigenvalue weighted by Crippen LogP contribution is -2.51. The van der Waals surface area contributed by atoms with Crippen molar-refractivity contribution in [2.45, 2.75) is 44.9 Å². The summed E-state index contributed by atoms with van der Waals surface area (Å²) in [6, 6.07) is -0.400. The number of carbonyl (C=O) groups is 1. The monoisotopic (exact) mass is 265 g/mol. The highest BCUT2D eigenvalue weighted by Crippen LogP contribution is 2.16. The average molecular weight is 265 g/mol. The number of sulfone groups is 1. The molecule has 2 N–H and O–H groups in total. The second-order valence-corrected chi connectivity index (χ2v) is 7.83. The van der Waals surface area contributed by atoms with E-state index in [4.69, 9.17) is 5.11 Å². The third kappa shape index (κ3) is 4.63. The summed E-state index contributed by atoms with van der Waals surface area (Å²) in [7, 11) is -3.48. The normalized spacial score (nSPS) is 14.8. The molecule has 0 heterocycles. The second-order valence-electron chi connectivity index (χ2n) is 5.26. The third-order valence-electron chi connectivity index (χ3n) is 2.79. The number of nitrogens with one attached hydrogen (secondary N) is 1. The molecule has 0 aliphatic carbocycles. The molecule has 0 spiro atoms. The van der Waals surface area contributed by atoms with Gasteiger partial charge in [-0.3, -0.25) is 4.79 Å². The van der Waals surface area contributed by atoms with Crippen molar-refractivity contribution in [3.63, 3.8) is 0 Å². The third-order valence-corrected chi connectivity index (χ3v) is 4.82. The van der Waals surface area contributed by atoms with Crippen LogP contribution >= 0.6 is 0 Å². The molecule has 0 rings (SSSR count). The predicted octanol–water partition coefficient (Wildman–Crippen LogP) is 0.333. The number of rotatable bonds is 6. The SMILES string of the molecule is CC(C)CC(CO)NC(=O)C(C)(C)S(C)(=O)=O. The quantitative estimate of drug-likeness (QED) is 0.725. The van der Waals surface area contributed by atoms with Gasteiger partial charge in [0.25, 0.3) is 0 Å². The highest BCUT2D eigenvalue weighted by atomic mass is 32.2. The fourth-order valence-corrected chi connectivity index (χ4v) is 1.67. The van der Waals surface area contributed by atoms with E-state index in [0.717, 1.165) is 6.26 Å². The van der Waals surface area contributed by atoms with Crippen LogP contribution in [0.3, 0.4) is 0 Å². The zero-order chi connectivity index (χ0) is 13.9. The van der Waals surface area contributed by atoms with Crippen molar-refractivity contribution in [2.75, 3.05) is 12.9 Å². The molecule has 0 saturated carbocycles. The summed E-state index contributed by atoms with van der Waals surface area (Å²) in [6.45, 7) is 6.47. The fourth-order valence-electron chi connectivity index (χ4n) is 1.28. The zero-order valence-corrected chi connectivity index (χ0v) is 12.0. The summed E-state index contributed by atoms with van der Waals surface area (Å²) in [5.74, 6) is -0.256. The molecule has 0 radical (unpaired) electrons. The molecule has 0 bridgehead atoms. The molecule has 17 heavy (non-hydrogen) atoms. The lowest BCUT2D eigenvalue weighted by molar-refractivity contribution is -0.124. The van der Waals surface area contributed by atoms with Crippen LogP contribution in [0.2, 0.25) is 0 Å². The van der Waals surface area contributed by atoms with Crippen LogP contribution in [0.15, 0.2) is 0 Å². The van der Waals surface area contributed by atoms with Crippen LogP contribution in [0.4, 0.5) is 0 Å². The molecule has 0 aliphatic heterocycles. The van der Waals surface area contributed by atoms with Crippen LogP contribution < -0.4 is 5.32 Å². The maximum Gasteiger partial charge on any atom is 0.241 e. The van der Waals surface area contributed by atoms with E-state index in [9.17, 15) is 13.2 Å². The Hall–Kier alpha value is -0.620. The smallest absolute Gasteiger partial charge is 0.241 e. The number of aliphatic hydroxyl groups is 1. The van der Waals surface area contributed by atoms with E-state index >= 15 is 0 Å². The molecule has 0 aromatic heterocycles. The van der Waals surface area contributed by atoms with E-state index in [0.29, 0.717) is 12.3 Å². The highest BCUT2D eigenvalue weighted by Gasteiger charge is 2.39. The van der Waals surface area contributed by atoms with Gasteiger partial charge in [0.15, 0.2) is 9.84 Å². The minimum atomic E-state index is -3.48. The Bertz CT molecular complexity index is 360. The minimum absolute atomic E-state index is 0.191. The molecular formula is C11H23NO4S. The van der Waals surface area contributed by atoms with E-state index in [1.165, 1.54) is 13.8 Å². The number of carbonyl (C=O) groups excluding carboxylic acids is 1. The van der Waals surface area contributed by atoms with Crippen LogP contribution in [-0.4, -0.2) is 43.1 Å². The molecule has 0 fully saturated rings. The van der Waals surface area contributed by atoms with Crippen molar-refractivity contribution in [1.29, 1.82) is 0 Å². The molecule has 0 saturated heterocycles. The molecule has 1 unspecified atom stereocenters. The maximum atomic E-state index is 11.9. The van der Waals surface area contributed by atoms with E-state index in [2.05, 4.69) is 5.32 Å². The number of amides is 1. The molecular weight excluding hydrogens is 242 g/mol. The Kier molecular flexibility index (Phi) is 5.61. The summed E-state index contributed by atoms with van der Waals surface area (Å²) in [5, 5.41) is 11.7. The number of hydrogen-bond acceptors (Lipinski definition) is 4. The van der Waals surface area contributed by atoms with Crippen LogP contribution in [0.25, 0.3) is 0 Å². The maximum absolute atomic E-state index is 11.9. The molecule has 5 nitrogen and oxygen atoms in total. The van der Waals surface area contributed by atoms with Crippen molar-refractivity contribution < 1.29 is 18.3 Å². The van der Waals surface area contributed by atoms with Crippen molar-refractivity contribution in [3.05, 3.63) is 0 Å². The van der Waals surface area contributed by atoms with E-state index in [1.807, 2.05) is 13.8 Å². The van der Waals surface area contributed by atoms with Crippen LogP contribution in [0.5, 0.6) is 0 Å². The Labute approximate surface area is 104 Å². The van der Waals surface area contributed by atoms with Gasteiger partial charge in [-0.05, 0) is 26.2 Å². The van der Waals surface area contributed by atoms with E-state index in [-0.39, 0.29) is 6.61 Å². The first kappa shape index (κ1) is 16.4. The Morgan fingerprint density at radius 2 is 1.82 bits per heavy atom. The summed E-state index contributed by atoms with van der Waals surface area (Å²) in [5.41, 5.74) is 0. The molecule has 0 aromatic carbocycles. The first-order chi connectivity index (χ1) is 7.52.